The smallest absolute Gasteiger partial charge is 0.310 e. The van der Waals surface area contributed by atoms with Crippen molar-refractivity contribution in [3.05, 3.63) is 0 Å². The maximum Gasteiger partial charge on any atom is 0.310 e. The van der Waals surface area contributed by atoms with Gasteiger partial charge in [-0.05, 0) is 26.1 Å². The van der Waals surface area contributed by atoms with Gasteiger partial charge in [-0.2, -0.15) is 0 Å². The van der Waals surface area contributed by atoms with Gasteiger partial charge in [0.1, 0.15) is 0 Å². The van der Waals surface area contributed by atoms with Gasteiger partial charge in [-0.3, -0.25) is 4.79 Å². The van der Waals surface area contributed by atoms with Crippen molar-refractivity contribution in [2.75, 3.05) is 7.11 Å². The normalized spacial score (nSPS) is 14.5. The maximum absolute atomic E-state index is 10.9. The Bertz CT molecular complexity index is 187. The minimum absolute atomic E-state index is 0.153. The molecule has 0 aromatic heterocycles. The average Bonchev–Trinajstić information content (AvgIpc) is 2.02. The van der Waals surface area contributed by atoms with E-state index in [1.54, 1.807) is 13.8 Å². The van der Waals surface area contributed by atoms with E-state index in [-0.39, 0.29) is 17.9 Å². The van der Waals surface area contributed by atoms with Crippen molar-refractivity contribution in [1.29, 1.82) is 0 Å². The quantitative estimate of drug-likeness (QED) is 0.366. The molecule has 2 atom stereocenters. The molecule has 0 rings (SSSR count). The average molecular weight is 173 g/mol. The fraction of sp³-hybridized carbons (Fsp3) is 0.714. The van der Waals surface area contributed by atoms with E-state index >= 15 is 0 Å². The van der Waals surface area contributed by atoms with Crippen molar-refractivity contribution >= 4 is 23.3 Å². The second-order valence-electron chi connectivity index (χ2n) is 2.27. The van der Waals surface area contributed by atoms with Crippen LogP contribution in [0.15, 0.2) is 4.99 Å². The van der Waals surface area contributed by atoms with E-state index in [1.807, 2.05) is 0 Å². The number of thiocarbonyl (C=S) groups is 1. The van der Waals surface area contributed by atoms with Crippen LogP contribution >= 0.6 is 12.2 Å². The van der Waals surface area contributed by atoms with Crippen LogP contribution in [0.2, 0.25) is 0 Å². The number of carbonyl (C=O) groups is 1. The van der Waals surface area contributed by atoms with Gasteiger partial charge in [0.2, 0.25) is 0 Å². The van der Waals surface area contributed by atoms with Gasteiger partial charge >= 0.3 is 5.97 Å². The predicted octanol–water partition coefficient (Wildman–Crippen LogP) is 1.29. The number of nitrogens with zero attached hydrogens (tertiary/aromatic N) is 1. The van der Waals surface area contributed by atoms with E-state index in [9.17, 15) is 4.79 Å². The third-order valence-electron chi connectivity index (χ3n) is 1.55. The largest absolute Gasteiger partial charge is 0.469 e. The first-order valence-corrected chi connectivity index (χ1v) is 3.69. The van der Waals surface area contributed by atoms with Crippen molar-refractivity contribution in [3.8, 4) is 0 Å². The van der Waals surface area contributed by atoms with Gasteiger partial charge in [0.05, 0.1) is 24.2 Å². The third kappa shape index (κ3) is 3.25. The molecule has 0 fully saturated rings. The number of hydrogen-bond acceptors (Lipinski definition) is 4. The lowest BCUT2D eigenvalue weighted by Crippen LogP contribution is -2.22. The Morgan fingerprint density at radius 3 is 2.55 bits per heavy atom. The van der Waals surface area contributed by atoms with E-state index in [0.29, 0.717) is 0 Å². The Hall–Kier alpha value is -0.730. The second-order valence-corrected chi connectivity index (χ2v) is 2.46. The van der Waals surface area contributed by atoms with Crippen LogP contribution in [0.1, 0.15) is 13.8 Å². The molecule has 0 aliphatic rings. The standard InChI is InChI=1S/C7H11NO2S/c1-5(7(9)10-3)6(2)8-4-11/h5-6H,1-3H3. The van der Waals surface area contributed by atoms with Crippen LogP contribution in [0.25, 0.3) is 0 Å². The minimum Gasteiger partial charge on any atom is -0.469 e. The highest BCUT2D eigenvalue weighted by atomic mass is 32.1. The summed E-state index contributed by atoms with van der Waals surface area (Å²) < 4.78 is 4.52. The van der Waals surface area contributed by atoms with Crippen molar-refractivity contribution in [1.82, 2.24) is 0 Å². The Balaban J connectivity index is 4.11. The molecule has 3 nitrogen and oxygen atoms in total. The summed E-state index contributed by atoms with van der Waals surface area (Å²) in [6.45, 7) is 3.54. The van der Waals surface area contributed by atoms with Crippen molar-refractivity contribution < 1.29 is 9.53 Å². The molecule has 0 bridgehead atoms. The fourth-order valence-electron chi connectivity index (χ4n) is 0.578. The SMILES string of the molecule is COC(=O)C(C)C(C)N=C=S. The van der Waals surface area contributed by atoms with Gasteiger partial charge in [0.15, 0.2) is 0 Å². The van der Waals surface area contributed by atoms with Gasteiger partial charge in [0, 0.05) is 0 Å². The van der Waals surface area contributed by atoms with E-state index in [4.69, 9.17) is 0 Å². The number of carbonyl (C=O) groups excluding carboxylic acids is 1. The van der Waals surface area contributed by atoms with Crippen LogP contribution in [-0.4, -0.2) is 24.3 Å². The Kier molecular flexibility index (Phi) is 4.66. The number of ether oxygens (including phenoxy) is 1. The van der Waals surface area contributed by atoms with Crippen LogP contribution in [0.4, 0.5) is 0 Å². The molecule has 0 amide bonds. The number of aliphatic imine (C=N–C) groups is 1. The van der Waals surface area contributed by atoms with Crippen LogP contribution in [0.5, 0.6) is 0 Å². The molecule has 11 heavy (non-hydrogen) atoms. The lowest BCUT2D eigenvalue weighted by molar-refractivity contribution is -0.145. The molecule has 0 radical (unpaired) electrons. The van der Waals surface area contributed by atoms with Gasteiger partial charge in [0.25, 0.3) is 0 Å². The highest BCUT2D eigenvalue weighted by Crippen LogP contribution is 2.07. The summed E-state index contributed by atoms with van der Waals surface area (Å²) in [7, 11) is 1.35. The summed E-state index contributed by atoms with van der Waals surface area (Å²) in [6.07, 6.45) is 0. The Morgan fingerprint density at radius 2 is 2.18 bits per heavy atom. The lowest BCUT2D eigenvalue weighted by Gasteiger charge is -2.11. The predicted molar refractivity (Wildman–Crippen MR) is 45.7 cm³/mol. The van der Waals surface area contributed by atoms with Crippen LogP contribution in [0, 0.1) is 5.92 Å². The molecule has 2 unspecified atom stereocenters. The summed E-state index contributed by atoms with van der Waals surface area (Å²) in [5, 5.41) is 2.23. The van der Waals surface area contributed by atoms with Gasteiger partial charge in [-0.15, -0.1) is 0 Å². The van der Waals surface area contributed by atoms with E-state index in [2.05, 4.69) is 27.1 Å². The van der Waals surface area contributed by atoms with Crippen molar-refractivity contribution in [3.63, 3.8) is 0 Å². The number of rotatable bonds is 3. The van der Waals surface area contributed by atoms with E-state index < -0.39 is 0 Å². The number of methoxy groups -OCH3 is 1. The van der Waals surface area contributed by atoms with Crippen molar-refractivity contribution in [2.24, 2.45) is 10.9 Å². The van der Waals surface area contributed by atoms with E-state index in [1.165, 1.54) is 7.11 Å². The van der Waals surface area contributed by atoms with Crippen LogP contribution < -0.4 is 0 Å². The molecule has 0 spiro atoms. The van der Waals surface area contributed by atoms with Gasteiger partial charge < -0.3 is 4.74 Å². The molecule has 0 N–H and O–H groups in total. The molecule has 0 heterocycles. The number of esters is 1. The zero-order valence-electron chi connectivity index (χ0n) is 6.83. The maximum atomic E-state index is 10.9. The fourth-order valence-corrected chi connectivity index (χ4v) is 0.744. The molecule has 0 saturated heterocycles. The summed E-state index contributed by atoms with van der Waals surface area (Å²) in [4.78, 5) is 14.6. The first kappa shape index (κ1) is 10.3. The van der Waals surface area contributed by atoms with Crippen LogP contribution in [-0.2, 0) is 9.53 Å². The molecule has 0 aromatic carbocycles. The number of isothiocyanates is 1. The number of hydrogen-bond donors (Lipinski definition) is 0. The molecule has 0 saturated carbocycles. The summed E-state index contributed by atoms with van der Waals surface area (Å²) in [5.41, 5.74) is 0. The first-order chi connectivity index (χ1) is 5.13. The topological polar surface area (TPSA) is 38.7 Å². The monoisotopic (exact) mass is 173 g/mol. The Morgan fingerprint density at radius 1 is 1.64 bits per heavy atom. The van der Waals surface area contributed by atoms with Gasteiger partial charge in [-0.25, -0.2) is 4.99 Å². The zero-order valence-corrected chi connectivity index (χ0v) is 7.64. The van der Waals surface area contributed by atoms with Crippen LogP contribution in [0.3, 0.4) is 0 Å². The minimum atomic E-state index is -0.272. The van der Waals surface area contributed by atoms with E-state index in [0.717, 1.165) is 0 Å². The summed E-state index contributed by atoms with van der Waals surface area (Å²) in [6, 6.07) is -0.153. The zero-order chi connectivity index (χ0) is 8.85. The molecule has 62 valence electrons. The molecule has 0 aliphatic carbocycles. The summed E-state index contributed by atoms with van der Waals surface area (Å²) >= 11 is 4.40. The van der Waals surface area contributed by atoms with Gasteiger partial charge in [-0.1, -0.05) is 0 Å². The highest BCUT2D eigenvalue weighted by Gasteiger charge is 2.19. The highest BCUT2D eigenvalue weighted by molar-refractivity contribution is 7.78. The Labute approximate surface area is 71.5 Å². The molecule has 0 aliphatic heterocycles. The molecular weight excluding hydrogens is 162 g/mol. The molecular formula is C7H11NO2S. The lowest BCUT2D eigenvalue weighted by atomic mass is 10.1. The second kappa shape index (κ2) is 4.99. The van der Waals surface area contributed by atoms with Crippen molar-refractivity contribution in [2.45, 2.75) is 19.9 Å². The summed E-state index contributed by atoms with van der Waals surface area (Å²) in [5.74, 6) is -0.526. The first-order valence-electron chi connectivity index (χ1n) is 3.28. The molecule has 4 heteroatoms. The third-order valence-corrected chi connectivity index (χ3v) is 1.66. The molecule has 0 aromatic rings.